The van der Waals surface area contributed by atoms with Crippen LogP contribution in [0.25, 0.3) is 11.3 Å². The molecular formula is C21H18FNO5. The van der Waals surface area contributed by atoms with Gasteiger partial charge >= 0.3 is 5.97 Å². The Hall–Kier alpha value is -3.29. The fraction of sp³-hybridized carbons (Fsp3) is 0.143. The topological polar surface area (TPSA) is 88.9 Å². The second-order valence-electron chi connectivity index (χ2n) is 5.94. The Bertz CT molecular complexity index is 958. The summed E-state index contributed by atoms with van der Waals surface area (Å²) in [6, 6.07) is 15.5. The minimum atomic E-state index is -1.15. The first kappa shape index (κ1) is 19.5. The third-order valence-corrected chi connectivity index (χ3v) is 4.00. The number of benzene rings is 2. The Morgan fingerprint density at radius 2 is 1.68 bits per heavy atom. The summed E-state index contributed by atoms with van der Waals surface area (Å²) >= 11 is 0. The number of aromatic nitrogens is 1. The van der Waals surface area contributed by atoms with Crippen molar-refractivity contribution in [2.45, 2.75) is 6.10 Å². The van der Waals surface area contributed by atoms with Gasteiger partial charge in [-0.05, 0) is 66.2 Å². The van der Waals surface area contributed by atoms with Gasteiger partial charge in [0.25, 0.3) is 0 Å². The van der Waals surface area contributed by atoms with Crippen LogP contribution in [0.5, 0.6) is 11.5 Å². The summed E-state index contributed by atoms with van der Waals surface area (Å²) in [4.78, 5) is 16.1. The molecule has 7 heteroatoms. The standard InChI is InChI=1S/C21H18FNO5/c1-27-21(26)19-11-14(20(25)12-24)10-18(23-19)13-2-6-16(7-3-13)28-17-8-4-15(22)5-9-17/h2-11,20,24-25H,12H2,1H3. The van der Waals surface area contributed by atoms with Gasteiger partial charge in [-0.25, -0.2) is 14.2 Å². The molecule has 0 amide bonds. The predicted octanol–water partition coefficient (Wildman–Crippen LogP) is 3.49. The van der Waals surface area contributed by atoms with E-state index < -0.39 is 18.7 Å². The molecule has 144 valence electrons. The molecule has 2 N–H and O–H groups in total. The number of carbonyl (C=O) groups is 1. The highest BCUT2D eigenvalue weighted by Gasteiger charge is 2.16. The lowest BCUT2D eigenvalue weighted by Gasteiger charge is -2.12. The van der Waals surface area contributed by atoms with Crippen LogP contribution in [0.2, 0.25) is 0 Å². The number of hydrogen-bond donors (Lipinski definition) is 2. The van der Waals surface area contributed by atoms with Crippen LogP contribution in [0.3, 0.4) is 0 Å². The highest BCUT2D eigenvalue weighted by molar-refractivity contribution is 5.88. The zero-order valence-electron chi connectivity index (χ0n) is 15.0. The normalized spacial score (nSPS) is 11.7. The van der Waals surface area contributed by atoms with E-state index in [9.17, 15) is 19.4 Å². The van der Waals surface area contributed by atoms with E-state index in [1.165, 1.54) is 37.4 Å². The van der Waals surface area contributed by atoms with Gasteiger partial charge in [0, 0.05) is 5.56 Å². The van der Waals surface area contributed by atoms with Crippen LogP contribution in [-0.2, 0) is 4.74 Å². The third-order valence-electron chi connectivity index (χ3n) is 4.00. The van der Waals surface area contributed by atoms with Gasteiger partial charge in [0.2, 0.25) is 0 Å². The molecule has 0 aliphatic carbocycles. The maximum absolute atomic E-state index is 13.0. The van der Waals surface area contributed by atoms with E-state index in [1.54, 1.807) is 30.3 Å². The average molecular weight is 383 g/mol. The van der Waals surface area contributed by atoms with E-state index in [2.05, 4.69) is 4.98 Å². The Morgan fingerprint density at radius 1 is 1.07 bits per heavy atom. The van der Waals surface area contributed by atoms with Gasteiger partial charge in [0.15, 0.2) is 0 Å². The molecule has 1 aromatic heterocycles. The number of halogens is 1. The second kappa shape index (κ2) is 8.60. The minimum absolute atomic E-state index is 0.0224. The maximum atomic E-state index is 13.0. The lowest BCUT2D eigenvalue weighted by atomic mass is 10.0. The van der Waals surface area contributed by atoms with Gasteiger partial charge < -0.3 is 19.7 Å². The first-order valence-electron chi connectivity index (χ1n) is 8.43. The number of aliphatic hydroxyl groups is 2. The van der Waals surface area contributed by atoms with E-state index >= 15 is 0 Å². The molecular weight excluding hydrogens is 365 g/mol. The SMILES string of the molecule is COC(=O)c1cc(C(O)CO)cc(-c2ccc(Oc3ccc(F)cc3)cc2)n1. The molecule has 28 heavy (non-hydrogen) atoms. The third kappa shape index (κ3) is 4.51. The van der Waals surface area contributed by atoms with Crippen LogP contribution < -0.4 is 4.74 Å². The summed E-state index contributed by atoms with van der Waals surface area (Å²) < 4.78 is 23.3. The van der Waals surface area contributed by atoms with Gasteiger partial charge in [0.05, 0.1) is 19.4 Å². The number of hydrogen-bond acceptors (Lipinski definition) is 6. The van der Waals surface area contributed by atoms with Crippen LogP contribution in [0.4, 0.5) is 4.39 Å². The second-order valence-corrected chi connectivity index (χ2v) is 5.94. The number of nitrogens with zero attached hydrogens (tertiary/aromatic N) is 1. The molecule has 0 aliphatic heterocycles. The van der Waals surface area contributed by atoms with E-state index in [0.717, 1.165) is 0 Å². The highest BCUT2D eigenvalue weighted by atomic mass is 19.1. The Morgan fingerprint density at radius 3 is 2.25 bits per heavy atom. The van der Waals surface area contributed by atoms with Crippen LogP contribution >= 0.6 is 0 Å². The van der Waals surface area contributed by atoms with Crippen molar-refractivity contribution in [2.75, 3.05) is 13.7 Å². The van der Waals surface area contributed by atoms with Crippen molar-refractivity contribution in [1.82, 2.24) is 4.98 Å². The summed E-state index contributed by atoms with van der Waals surface area (Å²) in [5, 5.41) is 19.1. The van der Waals surface area contributed by atoms with Crippen molar-refractivity contribution in [2.24, 2.45) is 0 Å². The molecule has 0 saturated carbocycles. The van der Waals surface area contributed by atoms with Gasteiger partial charge in [-0.3, -0.25) is 0 Å². The molecule has 0 saturated heterocycles. The van der Waals surface area contributed by atoms with E-state index in [-0.39, 0.29) is 11.5 Å². The van der Waals surface area contributed by atoms with Gasteiger partial charge in [-0.1, -0.05) is 0 Å². The molecule has 0 fully saturated rings. The number of ether oxygens (including phenoxy) is 2. The van der Waals surface area contributed by atoms with Crippen molar-refractivity contribution in [1.29, 1.82) is 0 Å². The predicted molar refractivity (Wildman–Crippen MR) is 99.5 cm³/mol. The molecule has 0 spiro atoms. The Labute approximate surface area is 160 Å². The highest BCUT2D eigenvalue weighted by Crippen LogP contribution is 2.27. The summed E-state index contributed by atoms with van der Waals surface area (Å²) in [6.07, 6.45) is -1.15. The van der Waals surface area contributed by atoms with Gasteiger partial charge in [0.1, 0.15) is 29.1 Å². The lowest BCUT2D eigenvalue weighted by Crippen LogP contribution is -2.09. The number of carbonyl (C=O) groups excluding carboxylic acids is 1. The van der Waals surface area contributed by atoms with E-state index in [1.807, 2.05) is 0 Å². The number of pyridine rings is 1. The van der Waals surface area contributed by atoms with Crippen molar-refractivity contribution in [3.05, 3.63) is 77.7 Å². The van der Waals surface area contributed by atoms with Crippen molar-refractivity contribution < 1.29 is 28.9 Å². The smallest absolute Gasteiger partial charge is 0.356 e. The summed E-state index contributed by atoms with van der Waals surface area (Å²) in [5.41, 5.74) is 1.47. The molecule has 1 unspecified atom stereocenters. The zero-order chi connectivity index (χ0) is 20.1. The summed E-state index contributed by atoms with van der Waals surface area (Å²) in [6.45, 7) is -0.492. The first-order chi connectivity index (χ1) is 13.5. The fourth-order valence-electron chi connectivity index (χ4n) is 2.54. The molecule has 1 atom stereocenters. The molecule has 6 nitrogen and oxygen atoms in total. The lowest BCUT2D eigenvalue weighted by molar-refractivity contribution is 0.0592. The molecule has 0 bridgehead atoms. The quantitative estimate of drug-likeness (QED) is 0.634. The van der Waals surface area contributed by atoms with Crippen LogP contribution in [0.1, 0.15) is 22.2 Å². The number of esters is 1. The van der Waals surface area contributed by atoms with Crippen LogP contribution in [0.15, 0.2) is 60.7 Å². The molecule has 0 aliphatic rings. The summed E-state index contributed by atoms with van der Waals surface area (Å²) in [7, 11) is 1.24. The number of aliphatic hydroxyl groups excluding tert-OH is 2. The van der Waals surface area contributed by atoms with E-state index in [4.69, 9.17) is 9.47 Å². The summed E-state index contributed by atoms with van der Waals surface area (Å²) in [5.74, 6) is 0.0352. The maximum Gasteiger partial charge on any atom is 0.356 e. The minimum Gasteiger partial charge on any atom is -0.464 e. The van der Waals surface area contributed by atoms with E-state index in [0.29, 0.717) is 28.3 Å². The van der Waals surface area contributed by atoms with Gasteiger partial charge in [-0.2, -0.15) is 0 Å². The molecule has 3 aromatic rings. The Kier molecular flexibility index (Phi) is 5.98. The van der Waals surface area contributed by atoms with Crippen molar-refractivity contribution >= 4 is 5.97 Å². The van der Waals surface area contributed by atoms with Crippen molar-refractivity contribution in [3.63, 3.8) is 0 Å². The largest absolute Gasteiger partial charge is 0.464 e. The molecule has 2 aromatic carbocycles. The number of rotatable bonds is 6. The monoisotopic (exact) mass is 383 g/mol. The average Bonchev–Trinajstić information content (AvgIpc) is 2.74. The molecule has 3 rings (SSSR count). The molecule has 1 heterocycles. The zero-order valence-corrected chi connectivity index (χ0v) is 15.0. The molecule has 0 radical (unpaired) electrons. The van der Waals surface area contributed by atoms with Crippen molar-refractivity contribution in [3.8, 4) is 22.8 Å². The number of methoxy groups -OCH3 is 1. The Balaban J connectivity index is 1.89. The fourth-order valence-corrected chi connectivity index (χ4v) is 2.54. The first-order valence-corrected chi connectivity index (χ1v) is 8.43. The van der Waals surface area contributed by atoms with Crippen LogP contribution in [0, 0.1) is 5.82 Å². The van der Waals surface area contributed by atoms with Gasteiger partial charge in [-0.15, -0.1) is 0 Å². The van der Waals surface area contributed by atoms with Crippen LogP contribution in [-0.4, -0.2) is 34.9 Å².